The maximum absolute atomic E-state index is 2.41. The molecule has 7 aromatic carbocycles. The number of hydrogen-bond donors (Lipinski definition) is 0. The summed E-state index contributed by atoms with van der Waals surface area (Å²) >= 11 is 0. The van der Waals surface area contributed by atoms with E-state index < -0.39 is 0 Å². The minimum Gasteiger partial charge on any atom is -0.309 e. The molecule has 2 heteroatoms. The molecule has 2 aromatic heterocycles. The first-order valence-electron chi connectivity index (χ1n) is 15.5. The monoisotopic (exact) mass is 574 g/mol. The number of para-hydroxylation sites is 3. The van der Waals surface area contributed by atoms with Crippen molar-refractivity contribution in [2.75, 3.05) is 0 Å². The summed E-state index contributed by atoms with van der Waals surface area (Å²) in [5, 5.41) is 5.06. The van der Waals surface area contributed by atoms with E-state index >= 15 is 0 Å². The Morgan fingerprint density at radius 3 is 1.40 bits per heavy atom. The van der Waals surface area contributed by atoms with Crippen molar-refractivity contribution in [1.82, 2.24) is 9.13 Å². The van der Waals surface area contributed by atoms with E-state index in [-0.39, 0.29) is 0 Å². The van der Waals surface area contributed by atoms with Crippen LogP contribution in [0.2, 0.25) is 0 Å². The Labute approximate surface area is 262 Å². The molecule has 0 bridgehead atoms. The molecule has 9 aromatic rings. The molecule has 0 unspecified atom stereocenters. The highest BCUT2D eigenvalue weighted by atomic mass is 15.0. The fourth-order valence-electron chi connectivity index (χ4n) is 7.09. The number of aromatic nitrogens is 2. The Kier molecular flexibility index (Phi) is 5.76. The lowest BCUT2D eigenvalue weighted by Crippen LogP contribution is -1.94. The maximum Gasteiger partial charge on any atom is 0.0541 e. The zero-order chi connectivity index (χ0) is 29.9. The van der Waals surface area contributed by atoms with Crippen molar-refractivity contribution in [2.45, 2.75) is 6.92 Å². The average molecular weight is 575 g/mol. The summed E-state index contributed by atoms with van der Waals surface area (Å²) in [6.45, 7) is 2.15. The molecule has 0 radical (unpaired) electrons. The van der Waals surface area contributed by atoms with Gasteiger partial charge in [0.25, 0.3) is 0 Å². The maximum atomic E-state index is 2.41. The van der Waals surface area contributed by atoms with Crippen LogP contribution in [0.3, 0.4) is 0 Å². The summed E-state index contributed by atoms with van der Waals surface area (Å²) in [5.74, 6) is 0. The second kappa shape index (κ2) is 10.1. The number of benzene rings is 7. The minimum absolute atomic E-state index is 1.17. The fraction of sp³-hybridized carbons (Fsp3) is 0.0233. The molecule has 45 heavy (non-hydrogen) atoms. The quantitative estimate of drug-likeness (QED) is 0.198. The Morgan fingerprint density at radius 1 is 0.311 bits per heavy atom. The number of nitrogens with zero attached hydrogens (tertiary/aromatic N) is 2. The van der Waals surface area contributed by atoms with Gasteiger partial charge in [-0.25, -0.2) is 0 Å². The lowest BCUT2D eigenvalue weighted by Gasteiger charge is -2.11. The summed E-state index contributed by atoms with van der Waals surface area (Å²) in [4.78, 5) is 0. The molecule has 0 amide bonds. The summed E-state index contributed by atoms with van der Waals surface area (Å²) in [5.41, 5.74) is 13.4. The lowest BCUT2D eigenvalue weighted by molar-refractivity contribution is 1.18. The predicted molar refractivity (Wildman–Crippen MR) is 191 cm³/mol. The van der Waals surface area contributed by atoms with Crippen LogP contribution in [0.5, 0.6) is 0 Å². The van der Waals surface area contributed by atoms with Gasteiger partial charge in [-0.15, -0.1) is 0 Å². The Bertz CT molecular complexity index is 2550. The van der Waals surface area contributed by atoms with Crippen LogP contribution in [0.4, 0.5) is 0 Å². The summed E-state index contributed by atoms with van der Waals surface area (Å²) < 4.78 is 4.78. The molecule has 0 spiro atoms. The Balaban J connectivity index is 1.22. The van der Waals surface area contributed by atoms with Crippen molar-refractivity contribution in [3.8, 4) is 33.6 Å². The van der Waals surface area contributed by atoms with Crippen molar-refractivity contribution < 1.29 is 0 Å². The number of rotatable bonds is 4. The van der Waals surface area contributed by atoms with Gasteiger partial charge in [0.2, 0.25) is 0 Å². The van der Waals surface area contributed by atoms with Crippen LogP contribution >= 0.6 is 0 Å². The van der Waals surface area contributed by atoms with Crippen LogP contribution in [-0.4, -0.2) is 9.13 Å². The number of fused-ring (bicyclic) bond motifs is 6. The standard InChI is InChI=1S/C43H30N2/c1-29-11-9-12-30(25-29)31-13-10-16-35(26-31)45-41-20-8-6-18-37(41)39-28-33(22-24-43(39)45)32-21-23-42-38(27-32)36-17-5-7-19-40(36)44(42)34-14-3-2-4-15-34/h2-28H,1H3. The number of hydrogen-bond acceptors (Lipinski definition) is 0. The summed E-state index contributed by atoms with van der Waals surface area (Å²) in [6.07, 6.45) is 0. The van der Waals surface area contributed by atoms with E-state index in [4.69, 9.17) is 0 Å². The van der Waals surface area contributed by atoms with E-state index in [1.54, 1.807) is 0 Å². The van der Waals surface area contributed by atoms with Crippen LogP contribution in [0, 0.1) is 6.92 Å². The van der Waals surface area contributed by atoms with Gasteiger partial charge in [0.05, 0.1) is 22.1 Å². The van der Waals surface area contributed by atoms with Crippen LogP contribution in [0.15, 0.2) is 164 Å². The van der Waals surface area contributed by atoms with Gasteiger partial charge < -0.3 is 9.13 Å². The fourth-order valence-corrected chi connectivity index (χ4v) is 7.09. The van der Waals surface area contributed by atoms with E-state index in [0.717, 1.165) is 0 Å². The second-order valence-corrected chi connectivity index (χ2v) is 11.9. The lowest BCUT2D eigenvalue weighted by atomic mass is 10.0. The molecule has 0 N–H and O–H groups in total. The van der Waals surface area contributed by atoms with Gasteiger partial charge in [-0.3, -0.25) is 0 Å². The van der Waals surface area contributed by atoms with Gasteiger partial charge in [-0.05, 0) is 89.8 Å². The molecule has 0 saturated carbocycles. The van der Waals surface area contributed by atoms with Gasteiger partial charge in [0.15, 0.2) is 0 Å². The zero-order valence-electron chi connectivity index (χ0n) is 25.0. The molecule has 0 saturated heterocycles. The van der Waals surface area contributed by atoms with E-state index in [9.17, 15) is 0 Å². The predicted octanol–water partition coefficient (Wildman–Crippen LogP) is 11.5. The minimum atomic E-state index is 1.17. The normalized spacial score (nSPS) is 11.7. The van der Waals surface area contributed by atoms with Crippen LogP contribution in [0.25, 0.3) is 77.2 Å². The molecule has 212 valence electrons. The van der Waals surface area contributed by atoms with Gasteiger partial charge in [0.1, 0.15) is 0 Å². The highest BCUT2D eigenvalue weighted by Gasteiger charge is 2.16. The van der Waals surface area contributed by atoms with E-state index in [1.807, 2.05) is 0 Å². The average Bonchev–Trinajstić information content (AvgIpc) is 3.61. The second-order valence-electron chi connectivity index (χ2n) is 11.9. The zero-order valence-corrected chi connectivity index (χ0v) is 25.0. The first kappa shape index (κ1) is 25.6. The van der Waals surface area contributed by atoms with Gasteiger partial charge in [-0.1, -0.05) is 109 Å². The van der Waals surface area contributed by atoms with Crippen molar-refractivity contribution in [1.29, 1.82) is 0 Å². The third kappa shape index (κ3) is 4.11. The van der Waals surface area contributed by atoms with Crippen LogP contribution in [-0.2, 0) is 0 Å². The molecule has 0 atom stereocenters. The first-order chi connectivity index (χ1) is 22.2. The molecular formula is C43H30N2. The van der Waals surface area contributed by atoms with Crippen LogP contribution in [0.1, 0.15) is 5.56 Å². The van der Waals surface area contributed by atoms with Crippen LogP contribution < -0.4 is 0 Å². The molecule has 2 nitrogen and oxygen atoms in total. The topological polar surface area (TPSA) is 9.86 Å². The molecule has 0 fully saturated rings. The summed E-state index contributed by atoms with van der Waals surface area (Å²) in [6, 6.07) is 59.6. The van der Waals surface area contributed by atoms with Crippen molar-refractivity contribution in [2.24, 2.45) is 0 Å². The molecule has 9 rings (SSSR count). The molecule has 0 aliphatic heterocycles. The molecule has 0 aliphatic carbocycles. The van der Waals surface area contributed by atoms with E-state index in [2.05, 4.69) is 180 Å². The third-order valence-electron chi connectivity index (χ3n) is 9.15. The highest BCUT2D eigenvalue weighted by molar-refractivity contribution is 6.12. The number of aryl methyl sites for hydroxylation is 1. The first-order valence-corrected chi connectivity index (χ1v) is 15.5. The van der Waals surface area contributed by atoms with Gasteiger partial charge in [0, 0.05) is 32.9 Å². The SMILES string of the molecule is Cc1cccc(-c2cccc(-n3c4ccccc4c4cc(-c5ccc6c(c5)c5ccccc5n6-c5ccccc5)ccc43)c2)c1. The largest absolute Gasteiger partial charge is 0.309 e. The van der Waals surface area contributed by atoms with Crippen molar-refractivity contribution in [3.05, 3.63) is 169 Å². The Morgan fingerprint density at radius 2 is 0.778 bits per heavy atom. The van der Waals surface area contributed by atoms with E-state index in [0.29, 0.717) is 0 Å². The van der Waals surface area contributed by atoms with Gasteiger partial charge in [-0.2, -0.15) is 0 Å². The summed E-state index contributed by atoms with van der Waals surface area (Å²) in [7, 11) is 0. The van der Waals surface area contributed by atoms with Gasteiger partial charge >= 0.3 is 0 Å². The molecular weight excluding hydrogens is 544 g/mol. The molecule has 2 heterocycles. The Hall–Kier alpha value is -5.86. The third-order valence-corrected chi connectivity index (χ3v) is 9.15. The van der Waals surface area contributed by atoms with E-state index in [1.165, 1.54) is 82.8 Å². The van der Waals surface area contributed by atoms with Crippen molar-refractivity contribution >= 4 is 43.6 Å². The smallest absolute Gasteiger partial charge is 0.0541 e. The molecule has 0 aliphatic rings. The highest BCUT2D eigenvalue weighted by Crippen LogP contribution is 2.38. The van der Waals surface area contributed by atoms with Crippen molar-refractivity contribution in [3.63, 3.8) is 0 Å².